The molecule has 134 valence electrons. The SMILES string of the molecule is Cc1ccccc1OC(=O)CNS(=O)(=O)c1ccc(OC(C)C)cc1. The quantitative estimate of drug-likeness (QED) is 0.604. The van der Waals surface area contributed by atoms with Crippen molar-refractivity contribution >= 4 is 16.0 Å². The summed E-state index contributed by atoms with van der Waals surface area (Å²) in [6.45, 7) is 5.10. The predicted octanol–water partition coefficient (Wildman–Crippen LogP) is 2.67. The second kappa shape index (κ2) is 8.13. The van der Waals surface area contributed by atoms with Crippen LogP contribution < -0.4 is 14.2 Å². The van der Waals surface area contributed by atoms with E-state index in [4.69, 9.17) is 9.47 Å². The van der Waals surface area contributed by atoms with Gasteiger partial charge in [-0.05, 0) is 56.7 Å². The molecule has 0 saturated carbocycles. The fraction of sp³-hybridized carbons (Fsp3) is 0.278. The van der Waals surface area contributed by atoms with Gasteiger partial charge in [-0.1, -0.05) is 18.2 Å². The number of rotatable bonds is 7. The fourth-order valence-corrected chi connectivity index (χ4v) is 3.01. The molecule has 6 nitrogen and oxygen atoms in total. The van der Waals surface area contributed by atoms with Crippen LogP contribution in [0.3, 0.4) is 0 Å². The number of nitrogens with one attached hydrogen (secondary N) is 1. The minimum absolute atomic E-state index is 0.00297. The molecule has 0 spiro atoms. The first-order valence-corrected chi connectivity index (χ1v) is 9.29. The van der Waals surface area contributed by atoms with Gasteiger partial charge >= 0.3 is 5.97 Å². The molecular weight excluding hydrogens is 342 g/mol. The first-order chi connectivity index (χ1) is 11.8. The maximum absolute atomic E-state index is 12.2. The van der Waals surface area contributed by atoms with Gasteiger partial charge in [-0.2, -0.15) is 4.72 Å². The van der Waals surface area contributed by atoms with E-state index in [1.54, 1.807) is 37.3 Å². The van der Waals surface area contributed by atoms with E-state index in [1.165, 1.54) is 12.1 Å². The Bertz CT molecular complexity index is 829. The molecule has 0 amide bonds. The monoisotopic (exact) mass is 363 g/mol. The highest BCUT2D eigenvalue weighted by atomic mass is 32.2. The van der Waals surface area contributed by atoms with Gasteiger partial charge in [-0.25, -0.2) is 8.42 Å². The van der Waals surface area contributed by atoms with Crippen molar-refractivity contribution in [1.82, 2.24) is 4.72 Å². The Morgan fingerprint density at radius 1 is 1.08 bits per heavy atom. The van der Waals surface area contributed by atoms with Gasteiger partial charge in [0.2, 0.25) is 10.0 Å². The van der Waals surface area contributed by atoms with Crippen molar-refractivity contribution < 1.29 is 22.7 Å². The highest BCUT2D eigenvalue weighted by Gasteiger charge is 2.17. The van der Waals surface area contributed by atoms with Crippen LogP contribution in [0.5, 0.6) is 11.5 Å². The van der Waals surface area contributed by atoms with Gasteiger partial charge in [-0.3, -0.25) is 4.79 Å². The summed E-state index contributed by atoms with van der Waals surface area (Å²) in [5.74, 6) is 0.299. The molecular formula is C18H21NO5S. The minimum atomic E-state index is -3.81. The molecule has 25 heavy (non-hydrogen) atoms. The van der Waals surface area contributed by atoms with E-state index in [9.17, 15) is 13.2 Å². The van der Waals surface area contributed by atoms with Gasteiger partial charge in [0.05, 0.1) is 11.0 Å². The van der Waals surface area contributed by atoms with Crippen LogP contribution in [-0.2, 0) is 14.8 Å². The average Bonchev–Trinajstić information content (AvgIpc) is 2.55. The first-order valence-electron chi connectivity index (χ1n) is 7.80. The number of hydrogen-bond acceptors (Lipinski definition) is 5. The van der Waals surface area contributed by atoms with E-state index in [1.807, 2.05) is 19.9 Å². The molecule has 2 aromatic rings. The normalized spacial score (nSPS) is 11.4. The molecule has 0 aliphatic heterocycles. The van der Waals surface area contributed by atoms with Crippen LogP contribution in [0.1, 0.15) is 19.4 Å². The molecule has 0 aliphatic rings. The second-order valence-corrected chi connectivity index (χ2v) is 7.47. The van der Waals surface area contributed by atoms with Gasteiger partial charge in [0.15, 0.2) is 0 Å². The molecule has 0 bridgehead atoms. The van der Waals surface area contributed by atoms with E-state index in [-0.39, 0.29) is 11.0 Å². The number of carbonyl (C=O) groups is 1. The smallest absolute Gasteiger partial charge is 0.326 e. The summed E-state index contributed by atoms with van der Waals surface area (Å²) in [4.78, 5) is 11.9. The highest BCUT2D eigenvalue weighted by molar-refractivity contribution is 7.89. The topological polar surface area (TPSA) is 81.7 Å². The van der Waals surface area contributed by atoms with Crippen molar-refractivity contribution in [2.75, 3.05) is 6.54 Å². The van der Waals surface area contributed by atoms with Crippen molar-refractivity contribution in [2.45, 2.75) is 31.8 Å². The van der Waals surface area contributed by atoms with E-state index in [2.05, 4.69) is 4.72 Å². The van der Waals surface area contributed by atoms with Crippen LogP contribution in [-0.4, -0.2) is 27.0 Å². The molecule has 7 heteroatoms. The van der Waals surface area contributed by atoms with Gasteiger partial charge in [0.25, 0.3) is 0 Å². The Kier molecular flexibility index (Phi) is 6.17. The zero-order valence-corrected chi connectivity index (χ0v) is 15.2. The van der Waals surface area contributed by atoms with E-state index in [0.717, 1.165) is 5.56 Å². The van der Waals surface area contributed by atoms with Gasteiger partial charge in [-0.15, -0.1) is 0 Å². The molecule has 0 atom stereocenters. The van der Waals surface area contributed by atoms with E-state index < -0.39 is 22.5 Å². The predicted molar refractivity (Wildman–Crippen MR) is 94.2 cm³/mol. The standard InChI is InChI=1S/C18H21NO5S/c1-13(2)23-15-8-10-16(11-9-15)25(21,22)19-12-18(20)24-17-7-5-4-6-14(17)3/h4-11,13,19H,12H2,1-3H3. The second-order valence-electron chi connectivity index (χ2n) is 5.70. The van der Waals surface area contributed by atoms with Gasteiger partial charge in [0, 0.05) is 0 Å². The zero-order valence-electron chi connectivity index (χ0n) is 14.4. The summed E-state index contributed by atoms with van der Waals surface area (Å²) >= 11 is 0. The van der Waals surface area contributed by atoms with Crippen LogP contribution in [0, 0.1) is 6.92 Å². The molecule has 0 fully saturated rings. The Hall–Kier alpha value is -2.38. The van der Waals surface area contributed by atoms with E-state index >= 15 is 0 Å². The Morgan fingerprint density at radius 2 is 1.72 bits per heavy atom. The van der Waals surface area contributed by atoms with Crippen LogP contribution in [0.25, 0.3) is 0 Å². The number of ether oxygens (including phenoxy) is 2. The summed E-state index contributed by atoms with van der Waals surface area (Å²) in [5, 5.41) is 0. The number of aryl methyl sites for hydroxylation is 1. The lowest BCUT2D eigenvalue weighted by atomic mass is 10.2. The Morgan fingerprint density at radius 3 is 2.32 bits per heavy atom. The third kappa shape index (κ3) is 5.58. The third-order valence-corrected chi connectivity index (χ3v) is 4.65. The summed E-state index contributed by atoms with van der Waals surface area (Å²) in [6, 6.07) is 13.0. The molecule has 0 aliphatic carbocycles. The fourth-order valence-electron chi connectivity index (χ4n) is 2.04. The highest BCUT2D eigenvalue weighted by Crippen LogP contribution is 2.18. The Balaban J connectivity index is 1.96. The minimum Gasteiger partial charge on any atom is -0.491 e. The Labute approximate surface area is 147 Å². The average molecular weight is 363 g/mol. The van der Waals surface area contributed by atoms with Gasteiger partial charge in [0.1, 0.15) is 18.0 Å². The van der Waals surface area contributed by atoms with Crippen LogP contribution in [0.4, 0.5) is 0 Å². The lowest BCUT2D eigenvalue weighted by molar-refractivity contribution is -0.133. The molecule has 0 saturated heterocycles. The van der Waals surface area contributed by atoms with Crippen molar-refractivity contribution in [3.8, 4) is 11.5 Å². The van der Waals surface area contributed by atoms with Crippen molar-refractivity contribution in [3.63, 3.8) is 0 Å². The number of hydrogen-bond donors (Lipinski definition) is 1. The zero-order chi connectivity index (χ0) is 18.4. The first kappa shape index (κ1) is 19.0. The lowest BCUT2D eigenvalue weighted by Crippen LogP contribution is -2.32. The van der Waals surface area contributed by atoms with Crippen LogP contribution >= 0.6 is 0 Å². The molecule has 0 radical (unpaired) electrons. The number of benzene rings is 2. The van der Waals surface area contributed by atoms with Gasteiger partial charge < -0.3 is 9.47 Å². The van der Waals surface area contributed by atoms with E-state index in [0.29, 0.717) is 11.5 Å². The summed E-state index contributed by atoms with van der Waals surface area (Å²) < 4.78 is 37.3. The lowest BCUT2D eigenvalue weighted by Gasteiger charge is -2.11. The summed E-state index contributed by atoms with van der Waals surface area (Å²) in [5.41, 5.74) is 0.791. The maximum atomic E-state index is 12.2. The van der Waals surface area contributed by atoms with Crippen LogP contribution in [0.15, 0.2) is 53.4 Å². The van der Waals surface area contributed by atoms with Crippen LogP contribution in [0.2, 0.25) is 0 Å². The van der Waals surface area contributed by atoms with Crippen molar-refractivity contribution in [3.05, 3.63) is 54.1 Å². The molecule has 2 aromatic carbocycles. The number of para-hydroxylation sites is 1. The largest absolute Gasteiger partial charge is 0.491 e. The van der Waals surface area contributed by atoms with Crippen molar-refractivity contribution in [1.29, 1.82) is 0 Å². The molecule has 1 N–H and O–H groups in total. The summed E-state index contributed by atoms with van der Waals surface area (Å²) in [7, 11) is -3.81. The number of sulfonamides is 1. The molecule has 0 unspecified atom stereocenters. The third-order valence-electron chi connectivity index (χ3n) is 3.23. The van der Waals surface area contributed by atoms with Crippen molar-refractivity contribution in [2.24, 2.45) is 0 Å². The maximum Gasteiger partial charge on any atom is 0.326 e. The molecule has 2 rings (SSSR count). The summed E-state index contributed by atoms with van der Waals surface area (Å²) in [6.07, 6.45) is -0.00297. The number of esters is 1. The molecule has 0 heterocycles. The number of carbonyl (C=O) groups excluding carboxylic acids is 1. The molecule has 0 aromatic heterocycles.